The summed E-state index contributed by atoms with van der Waals surface area (Å²) in [4.78, 5) is 0. The van der Waals surface area contributed by atoms with Crippen LogP contribution in [-0.4, -0.2) is 23.0 Å². The van der Waals surface area contributed by atoms with Crippen molar-refractivity contribution in [2.24, 2.45) is 0 Å². The average Bonchev–Trinajstić information content (AvgIpc) is 2.18. The second kappa shape index (κ2) is 5.41. The molecule has 0 saturated heterocycles. The number of hydrogen-bond donors (Lipinski definition) is 0. The first-order valence-electron chi connectivity index (χ1n) is 6.61. The first-order valence-corrected chi connectivity index (χ1v) is 12.2. The van der Waals surface area contributed by atoms with Gasteiger partial charge in [-0.15, -0.1) is 0 Å². The van der Waals surface area contributed by atoms with Crippen LogP contribution in [0.25, 0.3) is 0 Å². The number of allylic oxidation sites excluding steroid dienone is 2. The summed E-state index contributed by atoms with van der Waals surface area (Å²) in [5, 5.41) is 1.42. The van der Waals surface area contributed by atoms with Gasteiger partial charge in [0.15, 0.2) is 0 Å². The maximum atomic E-state index is 2.60. The summed E-state index contributed by atoms with van der Waals surface area (Å²) in [5.41, 5.74) is 3.41. The summed E-state index contributed by atoms with van der Waals surface area (Å²) in [7, 11) is -1.02. The molecule has 1 rings (SSSR count). The van der Waals surface area contributed by atoms with E-state index in [1.165, 1.54) is 31.0 Å². The van der Waals surface area contributed by atoms with E-state index in [4.69, 9.17) is 0 Å². The average molecular weight is 303 g/mol. The summed E-state index contributed by atoms with van der Waals surface area (Å²) in [6.45, 7) is 14.9. The summed E-state index contributed by atoms with van der Waals surface area (Å²) >= 11 is 0.857. The Morgan fingerprint density at radius 1 is 1.19 bits per heavy atom. The van der Waals surface area contributed by atoms with Crippen LogP contribution in [0.2, 0.25) is 28.9 Å². The molecule has 0 saturated carbocycles. The Hall–Kier alpha value is 0.476. The van der Waals surface area contributed by atoms with Gasteiger partial charge in [-0.25, -0.2) is 0 Å². The summed E-state index contributed by atoms with van der Waals surface area (Å²) < 4.78 is 0.763. The van der Waals surface area contributed by atoms with Crippen molar-refractivity contribution >= 4 is 23.0 Å². The van der Waals surface area contributed by atoms with Gasteiger partial charge < -0.3 is 0 Å². The Morgan fingerprint density at radius 3 is 2.25 bits per heavy atom. The van der Waals surface area contributed by atoms with Crippen molar-refractivity contribution in [2.45, 2.75) is 75.4 Å². The molecule has 0 fully saturated rings. The molecule has 1 atom stereocenters. The van der Waals surface area contributed by atoms with Gasteiger partial charge in [-0.3, -0.25) is 0 Å². The van der Waals surface area contributed by atoms with Crippen LogP contribution in [0.1, 0.15) is 46.5 Å². The third-order valence-corrected chi connectivity index (χ3v) is 15.0. The van der Waals surface area contributed by atoms with Crippen LogP contribution in [-0.2, 0) is 0 Å². The molecule has 1 heterocycles. The zero-order valence-corrected chi connectivity index (χ0v) is 14.7. The third kappa shape index (κ3) is 3.03. The predicted octanol–water partition coefficient (Wildman–Crippen LogP) is 5.08. The van der Waals surface area contributed by atoms with Crippen molar-refractivity contribution in [3.05, 3.63) is 11.1 Å². The van der Waals surface area contributed by atoms with E-state index in [9.17, 15) is 0 Å². The van der Waals surface area contributed by atoms with E-state index in [1.54, 1.807) is 11.1 Å². The first-order chi connectivity index (χ1) is 7.32. The normalized spacial score (nSPS) is 27.4. The number of rotatable bonds is 4. The van der Waals surface area contributed by atoms with Crippen molar-refractivity contribution in [1.29, 1.82) is 0 Å². The zero-order valence-electron chi connectivity index (χ0n) is 11.9. The van der Waals surface area contributed by atoms with Crippen LogP contribution in [0, 0.1) is 0 Å². The molecule has 1 aliphatic heterocycles. The van der Waals surface area contributed by atoms with Crippen LogP contribution in [0.3, 0.4) is 0 Å². The fourth-order valence-electron chi connectivity index (χ4n) is 2.48. The number of unbranched alkanes of at least 4 members (excludes halogenated alkanes) is 1. The van der Waals surface area contributed by atoms with Gasteiger partial charge in [0.1, 0.15) is 0 Å². The van der Waals surface area contributed by atoms with Gasteiger partial charge in [0.05, 0.1) is 0 Å². The number of hydrogen-bond acceptors (Lipinski definition) is 0. The molecule has 0 aromatic carbocycles. The molecule has 0 amide bonds. The first kappa shape index (κ1) is 14.5. The molecule has 0 spiro atoms. The van der Waals surface area contributed by atoms with Crippen LogP contribution in [0.5, 0.6) is 0 Å². The minimum atomic E-state index is -1.02. The third-order valence-electron chi connectivity index (χ3n) is 4.15. The second-order valence-electron chi connectivity index (χ2n) is 6.37. The monoisotopic (exact) mass is 304 g/mol. The van der Waals surface area contributed by atoms with Gasteiger partial charge in [0, 0.05) is 0 Å². The van der Waals surface area contributed by atoms with E-state index in [2.05, 4.69) is 40.4 Å². The van der Waals surface area contributed by atoms with Crippen molar-refractivity contribution in [3.8, 4) is 0 Å². The van der Waals surface area contributed by atoms with E-state index >= 15 is 0 Å². The summed E-state index contributed by atoms with van der Waals surface area (Å²) in [6.07, 6.45) is 5.74. The second-order valence-corrected chi connectivity index (χ2v) is 15.5. The molecule has 16 heavy (non-hydrogen) atoms. The maximum absolute atomic E-state index is 2.60. The van der Waals surface area contributed by atoms with Crippen LogP contribution in [0.15, 0.2) is 11.1 Å². The Morgan fingerprint density at radius 2 is 1.81 bits per heavy atom. The fraction of sp³-hybridized carbons (Fsp3) is 0.857. The van der Waals surface area contributed by atoms with Crippen LogP contribution in [0.4, 0.5) is 0 Å². The van der Waals surface area contributed by atoms with Gasteiger partial charge in [-0.2, -0.15) is 0 Å². The standard InChI is InChI=1S/C14H28SeSi/c1-7-8-9-14(16(4,5)6)10-12(2)13(3)11-15-14/h7-11H2,1-6H3. The molecule has 1 aliphatic rings. The van der Waals surface area contributed by atoms with Crippen molar-refractivity contribution < 1.29 is 0 Å². The molecule has 0 bridgehead atoms. The van der Waals surface area contributed by atoms with Crippen molar-refractivity contribution in [1.82, 2.24) is 0 Å². The molecule has 0 N–H and O–H groups in total. The van der Waals surface area contributed by atoms with E-state index in [0.717, 1.165) is 18.9 Å². The molecular weight excluding hydrogens is 275 g/mol. The SMILES string of the molecule is CCCCC1([Si](C)(C)C)CC(C)=C(C)C[Se]1. The van der Waals surface area contributed by atoms with Gasteiger partial charge in [-0.05, 0) is 0 Å². The topological polar surface area (TPSA) is 0 Å². The van der Waals surface area contributed by atoms with Crippen LogP contribution >= 0.6 is 0 Å². The zero-order chi connectivity index (χ0) is 12.4. The minimum absolute atomic E-state index is 0.763. The van der Waals surface area contributed by atoms with E-state index in [1.807, 2.05) is 0 Å². The van der Waals surface area contributed by atoms with E-state index < -0.39 is 8.07 Å². The summed E-state index contributed by atoms with van der Waals surface area (Å²) in [5.74, 6) is 0. The van der Waals surface area contributed by atoms with Gasteiger partial charge in [0.25, 0.3) is 0 Å². The Balaban J connectivity index is 2.91. The quantitative estimate of drug-likeness (QED) is 0.502. The van der Waals surface area contributed by atoms with E-state index in [0.29, 0.717) is 0 Å². The van der Waals surface area contributed by atoms with Gasteiger partial charge >= 0.3 is 110 Å². The van der Waals surface area contributed by atoms with Crippen LogP contribution < -0.4 is 0 Å². The van der Waals surface area contributed by atoms with Crippen molar-refractivity contribution in [3.63, 3.8) is 0 Å². The molecule has 94 valence electrons. The Bertz CT molecular complexity index is 275. The predicted molar refractivity (Wildman–Crippen MR) is 79.1 cm³/mol. The molecule has 0 aliphatic carbocycles. The molecule has 1 unspecified atom stereocenters. The van der Waals surface area contributed by atoms with E-state index in [-0.39, 0.29) is 0 Å². The van der Waals surface area contributed by atoms with Gasteiger partial charge in [-0.1, -0.05) is 0 Å². The van der Waals surface area contributed by atoms with Gasteiger partial charge in [0.2, 0.25) is 0 Å². The molecule has 2 heteroatoms. The molecule has 0 nitrogen and oxygen atoms in total. The summed E-state index contributed by atoms with van der Waals surface area (Å²) in [6, 6.07) is 0. The molecular formula is C14H28SeSi. The fourth-order valence-corrected chi connectivity index (χ4v) is 10.6. The Labute approximate surface area is 109 Å². The van der Waals surface area contributed by atoms with Crippen molar-refractivity contribution in [2.75, 3.05) is 0 Å². The molecule has 0 radical (unpaired) electrons. The Kier molecular flexibility index (Phi) is 4.92. The molecule has 0 aromatic rings. The molecule has 0 aromatic heterocycles.